The van der Waals surface area contributed by atoms with Crippen molar-refractivity contribution >= 4 is 17.7 Å². The maximum Gasteiger partial charge on any atom is 0.269 e. The molecule has 0 fully saturated rings. The molecule has 0 aliphatic carbocycles. The van der Waals surface area contributed by atoms with Crippen molar-refractivity contribution in [1.82, 2.24) is 20.5 Å². The second-order valence-corrected chi connectivity index (χ2v) is 5.69. The summed E-state index contributed by atoms with van der Waals surface area (Å²) in [6.07, 6.45) is 2.98. The van der Waals surface area contributed by atoms with E-state index >= 15 is 0 Å². The maximum absolute atomic E-state index is 12.1. The van der Waals surface area contributed by atoms with Crippen LogP contribution in [0.3, 0.4) is 0 Å². The third-order valence-corrected chi connectivity index (χ3v) is 3.39. The number of hydrogen-bond donors (Lipinski definition) is 2. The Hall–Kier alpha value is -3.03. The van der Waals surface area contributed by atoms with Crippen molar-refractivity contribution in [3.05, 3.63) is 57.7 Å². The molecule has 0 spiro atoms. The van der Waals surface area contributed by atoms with Crippen LogP contribution < -0.4 is 5.32 Å². The minimum atomic E-state index is -0.466. The number of amides is 1. The second-order valence-electron chi connectivity index (χ2n) is 5.69. The largest absolute Gasteiger partial charge is 0.342 e. The minimum Gasteiger partial charge on any atom is -0.342 e. The zero-order valence-electron chi connectivity index (χ0n) is 13.7. The summed E-state index contributed by atoms with van der Waals surface area (Å²) in [7, 11) is 0. The number of nitrogens with one attached hydrogen (secondary N) is 2. The minimum absolute atomic E-state index is 0.0106. The molecule has 0 aliphatic rings. The van der Waals surface area contributed by atoms with Gasteiger partial charge in [-0.05, 0) is 36.6 Å². The van der Waals surface area contributed by atoms with Crippen LogP contribution >= 0.6 is 0 Å². The lowest BCUT2D eigenvalue weighted by Gasteiger charge is -2.18. The molecule has 1 heterocycles. The van der Waals surface area contributed by atoms with Gasteiger partial charge in [-0.25, -0.2) is 4.98 Å². The number of benzene rings is 1. The molecule has 24 heavy (non-hydrogen) atoms. The molecule has 1 atom stereocenters. The highest BCUT2D eigenvalue weighted by atomic mass is 16.6. The molecule has 1 aromatic heterocycles. The number of aryl methyl sites for hydroxylation is 1. The van der Waals surface area contributed by atoms with E-state index in [2.05, 4.69) is 20.5 Å². The summed E-state index contributed by atoms with van der Waals surface area (Å²) in [4.78, 5) is 26.5. The molecule has 0 aliphatic heterocycles. The monoisotopic (exact) mass is 329 g/mol. The zero-order chi connectivity index (χ0) is 17.7. The molecule has 1 aromatic carbocycles. The Balaban J connectivity index is 2.03. The predicted molar refractivity (Wildman–Crippen MR) is 89.0 cm³/mol. The summed E-state index contributed by atoms with van der Waals surface area (Å²) in [5.41, 5.74) is 0.710. The number of rotatable bonds is 6. The molecule has 1 amide bonds. The highest BCUT2D eigenvalue weighted by Gasteiger charge is 2.21. The summed E-state index contributed by atoms with van der Waals surface area (Å²) >= 11 is 0. The van der Waals surface area contributed by atoms with E-state index in [0.717, 1.165) is 0 Å². The molecule has 8 heteroatoms. The van der Waals surface area contributed by atoms with Crippen molar-refractivity contribution in [1.29, 1.82) is 0 Å². The van der Waals surface area contributed by atoms with Crippen molar-refractivity contribution in [2.75, 3.05) is 0 Å². The van der Waals surface area contributed by atoms with Gasteiger partial charge in [0.2, 0.25) is 5.91 Å². The maximum atomic E-state index is 12.1. The lowest BCUT2D eigenvalue weighted by Crippen LogP contribution is -2.31. The molecule has 0 saturated heterocycles. The number of nitrogens with zero attached hydrogens (tertiary/aromatic N) is 3. The fraction of sp³-hybridized carbons (Fsp3) is 0.312. The second kappa shape index (κ2) is 7.49. The first-order valence-electron chi connectivity index (χ1n) is 7.48. The quantitative estimate of drug-likeness (QED) is 0.480. The Morgan fingerprint density at radius 2 is 2.00 bits per heavy atom. The number of carbonyl (C=O) groups is 1. The van der Waals surface area contributed by atoms with Crippen molar-refractivity contribution in [2.24, 2.45) is 5.92 Å². The number of non-ortho nitro benzene ring substituents is 1. The SMILES string of the molecule is Cc1nc(C(NC(=O)C=Cc2ccc([N+](=O)[O-])cc2)C(C)C)n[nH]1. The highest BCUT2D eigenvalue weighted by Crippen LogP contribution is 2.18. The van der Waals surface area contributed by atoms with E-state index in [-0.39, 0.29) is 23.6 Å². The number of aromatic amines is 1. The molecular formula is C16H19N5O3. The number of nitro groups is 1. The Bertz CT molecular complexity index is 749. The summed E-state index contributed by atoms with van der Waals surface area (Å²) in [5, 5.41) is 20.3. The Labute approximate surface area is 139 Å². The van der Waals surface area contributed by atoms with Crippen LogP contribution in [0.5, 0.6) is 0 Å². The average Bonchev–Trinajstić information content (AvgIpc) is 2.96. The molecule has 0 radical (unpaired) electrons. The normalized spacial score (nSPS) is 12.5. The number of H-pyrrole nitrogens is 1. The van der Waals surface area contributed by atoms with Crippen LogP contribution in [0.15, 0.2) is 30.3 Å². The van der Waals surface area contributed by atoms with Crippen LogP contribution in [-0.2, 0) is 4.79 Å². The van der Waals surface area contributed by atoms with Gasteiger partial charge in [-0.15, -0.1) is 0 Å². The van der Waals surface area contributed by atoms with Crippen LogP contribution in [-0.4, -0.2) is 26.0 Å². The van der Waals surface area contributed by atoms with E-state index < -0.39 is 4.92 Å². The lowest BCUT2D eigenvalue weighted by atomic mass is 10.0. The summed E-state index contributed by atoms with van der Waals surface area (Å²) in [6.45, 7) is 5.73. The molecule has 0 bridgehead atoms. The smallest absolute Gasteiger partial charge is 0.269 e. The number of hydrogen-bond acceptors (Lipinski definition) is 5. The predicted octanol–water partition coefficient (Wildman–Crippen LogP) is 2.55. The molecule has 0 saturated carbocycles. The van der Waals surface area contributed by atoms with Gasteiger partial charge < -0.3 is 5.32 Å². The van der Waals surface area contributed by atoms with Gasteiger partial charge in [0.1, 0.15) is 5.82 Å². The molecule has 1 unspecified atom stereocenters. The van der Waals surface area contributed by atoms with Gasteiger partial charge in [-0.2, -0.15) is 5.10 Å². The molecule has 126 valence electrons. The standard InChI is InChI=1S/C16H19N5O3/c1-10(2)15(16-17-11(3)19-20-16)18-14(22)9-6-12-4-7-13(8-5-12)21(23)24/h4-10,15H,1-3H3,(H,18,22)(H,17,19,20). The molecular weight excluding hydrogens is 310 g/mol. The average molecular weight is 329 g/mol. The fourth-order valence-corrected chi connectivity index (χ4v) is 2.11. The summed E-state index contributed by atoms with van der Waals surface area (Å²) in [5.74, 6) is 1.07. The first-order chi connectivity index (χ1) is 11.4. The number of carbonyl (C=O) groups excluding carboxylic acids is 1. The van der Waals surface area contributed by atoms with Crippen molar-refractivity contribution in [2.45, 2.75) is 26.8 Å². The third kappa shape index (κ3) is 4.48. The lowest BCUT2D eigenvalue weighted by molar-refractivity contribution is -0.384. The third-order valence-electron chi connectivity index (χ3n) is 3.39. The van der Waals surface area contributed by atoms with E-state index in [1.807, 2.05) is 13.8 Å². The summed E-state index contributed by atoms with van der Waals surface area (Å²) < 4.78 is 0. The van der Waals surface area contributed by atoms with Gasteiger partial charge in [0.05, 0.1) is 11.0 Å². The summed E-state index contributed by atoms with van der Waals surface area (Å²) in [6, 6.07) is 5.65. The zero-order valence-corrected chi connectivity index (χ0v) is 13.7. The van der Waals surface area contributed by atoms with E-state index in [9.17, 15) is 14.9 Å². The van der Waals surface area contributed by atoms with Gasteiger partial charge in [0, 0.05) is 18.2 Å². The molecule has 2 rings (SSSR count). The first-order valence-corrected chi connectivity index (χ1v) is 7.48. The molecule has 2 aromatic rings. The van der Waals surface area contributed by atoms with Crippen LogP contribution in [0.25, 0.3) is 6.08 Å². The van der Waals surface area contributed by atoms with Gasteiger partial charge in [0.25, 0.3) is 5.69 Å². The van der Waals surface area contributed by atoms with E-state index in [4.69, 9.17) is 0 Å². The highest BCUT2D eigenvalue weighted by molar-refractivity contribution is 5.92. The van der Waals surface area contributed by atoms with E-state index in [1.165, 1.54) is 18.2 Å². The van der Waals surface area contributed by atoms with Crippen LogP contribution in [0.2, 0.25) is 0 Å². The molecule has 2 N–H and O–H groups in total. The Morgan fingerprint density at radius 3 is 2.50 bits per heavy atom. The van der Waals surface area contributed by atoms with Gasteiger partial charge in [-0.1, -0.05) is 13.8 Å². The van der Waals surface area contributed by atoms with Crippen molar-refractivity contribution in [3.8, 4) is 0 Å². The number of nitro benzene ring substituents is 1. The first kappa shape index (κ1) is 17.3. The van der Waals surface area contributed by atoms with Gasteiger partial charge in [0.15, 0.2) is 5.82 Å². The van der Waals surface area contributed by atoms with Crippen molar-refractivity contribution in [3.63, 3.8) is 0 Å². The molecule has 8 nitrogen and oxygen atoms in total. The number of aromatic nitrogens is 3. The van der Waals surface area contributed by atoms with Gasteiger partial charge >= 0.3 is 0 Å². The van der Waals surface area contributed by atoms with Crippen LogP contribution in [0.4, 0.5) is 5.69 Å². The van der Waals surface area contributed by atoms with Crippen LogP contribution in [0, 0.1) is 23.0 Å². The Morgan fingerprint density at radius 1 is 1.33 bits per heavy atom. The van der Waals surface area contributed by atoms with Crippen molar-refractivity contribution < 1.29 is 9.72 Å². The van der Waals surface area contributed by atoms with E-state index in [1.54, 1.807) is 25.1 Å². The van der Waals surface area contributed by atoms with Crippen LogP contribution in [0.1, 0.15) is 37.1 Å². The fourth-order valence-electron chi connectivity index (χ4n) is 2.11. The Kier molecular flexibility index (Phi) is 5.41. The van der Waals surface area contributed by atoms with Gasteiger partial charge in [-0.3, -0.25) is 20.0 Å². The topological polar surface area (TPSA) is 114 Å². The van der Waals surface area contributed by atoms with E-state index in [0.29, 0.717) is 17.2 Å².